The number of carbonyl (C=O) groups is 2. The van der Waals surface area contributed by atoms with Crippen molar-refractivity contribution in [2.45, 2.75) is 77.0 Å². The summed E-state index contributed by atoms with van der Waals surface area (Å²) in [5.74, 6) is -0.0273. The number of hydrogen-bond donors (Lipinski definition) is 2. The minimum absolute atomic E-state index is 0.133. The van der Waals surface area contributed by atoms with Gasteiger partial charge in [-0.2, -0.15) is 0 Å². The first kappa shape index (κ1) is 22.4. The molecule has 0 spiro atoms. The third-order valence-electron chi connectivity index (χ3n) is 6.13. The summed E-state index contributed by atoms with van der Waals surface area (Å²) in [6, 6.07) is -1.32. The van der Waals surface area contributed by atoms with Crippen LogP contribution in [0.3, 0.4) is 0 Å². The molecule has 0 aromatic carbocycles. The summed E-state index contributed by atoms with van der Waals surface area (Å²) in [6.07, 6.45) is 8.26. The molecule has 1 saturated carbocycles. The predicted molar refractivity (Wildman–Crippen MR) is 114 cm³/mol. The average molecular weight is 445 g/mol. The zero-order valence-corrected chi connectivity index (χ0v) is 18.9. The molecule has 1 aliphatic heterocycles. The number of likely N-dealkylation sites (tertiary alicyclic amines) is 1. The van der Waals surface area contributed by atoms with Gasteiger partial charge in [-0.1, -0.05) is 31.1 Å². The number of nitrogens with one attached hydrogen (secondary N) is 1. The third kappa shape index (κ3) is 5.01. The van der Waals surface area contributed by atoms with Gasteiger partial charge in [-0.3, -0.25) is 9.59 Å². The smallest absolute Gasteiger partial charge is 0.248 e. The zero-order chi connectivity index (χ0) is 22.9. The molecular formula is C22H32N6O4. The molecule has 10 heteroatoms. The Morgan fingerprint density at radius 3 is 2.78 bits per heavy atom. The Hall–Kier alpha value is -2.75. The van der Waals surface area contributed by atoms with Gasteiger partial charge in [0.05, 0.1) is 18.0 Å². The molecule has 2 amide bonds. The quantitative estimate of drug-likeness (QED) is 0.590. The van der Waals surface area contributed by atoms with Gasteiger partial charge in [0.25, 0.3) is 0 Å². The fraction of sp³-hybridized carbons (Fsp3) is 0.682. The molecule has 10 nitrogen and oxygen atoms in total. The summed E-state index contributed by atoms with van der Waals surface area (Å²) >= 11 is 0. The van der Waals surface area contributed by atoms with E-state index in [1.807, 2.05) is 27.0 Å². The highest BCUT2D eigenvalue weighted by Crippen LogP contribution is 2.40. The molecule has 1 aliphatic carbocycles. The van der Waals surface area contributed by atoms with Crippen LogP contribution < -0.4 is 5.32 Å². The van der Waals surface area contributed by atoms with E-state index in [-0.39, 0.29) is 24.8 Å². The summed E-state index contributed by atoms with van der Waals surface area (Å²) in [5.41, 5.74) is 1.44. The molecule has 3 heterocycles. The number of aliphatic hydroxyl groups is 1. The second-order valence-electron chi connectivity index (χ2n) is 9.99. The lowest BCUT2D eigenvalue weighted by atomic mass is 9.85. The van der Waals surface area contributed by atoms with Gasteiger partial charge in [0, 0.05) is 37.2 Å². The maximum Gasteiger partial charge on any atom is 0.248 e. The molecule has 1 saturated heterocycles. The number of amides is 2. The fourth-order valence-corrected chi connectivity index (χ4v) is 4.30. The number of β-amino-alcohol motifs (C(OH)–C–C–N with tert-alkyl or cyclic N) is 1. The molecular weight excluding hydrogens is 412 g/mol. The van der Waals surface area contributed by atoms with Gasteiger partial charge in [0.15, 0.2) is 0 Å². The van der Waals surface area contributed by atoms with E-state index in [1.165, 1.54) is 4.90 Å². The topological polar surface area (TPSA) is 126 Å². The molecule has 3 atom stereocenters. The third-order valence-corrected chi connectivity index (χ3v) is 6.13. The van der Waals surface area contributed by atoms with Gasteiger partial charge in [0.1, 0.15) is 18.3 Å². The van der Waals surface area contributed by atoms with E-state index in [0.717, 1.165) is 36.9 Å². The highest BCUT2D eigenvalue weighted by atomic mass is 16.5. The summed E-state index contributed by atoms with van der Waals surface area (Å²) in [7, 11) is 0. The summed E-state index contributed by atoms with van der Waals surface area (Å²) in [4.78, 5) is 28.1. The number of aromatic nitrogens is 4. The summed E-state index contributed by atoms with van der Waals surface area (Å²) in [5, 5.41) is 25.4. The zero-order valence-electron chi connectivity index (χ0n) is 18.9. The molecule has 174 valence electrons. The van der Waals surface area contributed by atoms with Crippen molar-refractivity contribution in [1.82, 2.24) is 30.4 Å². The number of hydrogen-bond acceptors (Lipinski definition) is 7. The number of rotatable bonds is 8. The van der Waals surface area contributed by atoms with Crippen LogP contribution in [-0.2, 0) is 16.0 Å². The summed E-state index contributed by atoms with van der Waals surface area (Å²) in [6.45, 7) is 6.52. The first-order valence-electron chi connectivity index (χ1n) is 11.3. The molecule has 2 aromatic rings. The molecule has 4 rings (SSSR count). The van der Waals surface area contributed by atoms with Gasteiger partial charge in [-0.15, -0.1) is 5.10 Å². The maximum absolute atomic E-state index is 13.7. The molecule has 0 bridgehead atoms. The highest BCUT2D eigenvalue weighted by Gasteiger charge is 2.45. The van der Waals surface area contributed by atoms with E-state index < -0.39 is 23.6 Å². The monoisotopic (exact) mass is 444 g/mol. The Morgan fingerprint density at radius 1 is 1.34 bits per heavy atom. The predicted octanol–water partition coefficient (Wildman–Crippen LogP) is 1.44. The molecule has 0 radical (unpaired) electrons. The molecule has 2 aliphatic rings. The number of aryl methyl sites for hydroxylation is 1. The van der Waals surface area contributed by atoms with Crippen molar-refractivity contribution < 1.29 is 19.2 Å². The van der Waals surface area contributed by atoms with Crippen molar-refractivity contribution in [3.63, 3.8) is 0 Å². The molecule has 2 fully saturated rings. The van der Waals surface area contributed by atoms with E-state index in [9.17, 15) is 14.7 Å². The standard InChI is InChI=1S/C22H32N6O4/c1-22(2,3)19(28-12-17(25-26-28)15-6-7-15)21(31)27-11-16(29)9-18(27)20(30)23-8-4-5-14-10-24-32-13-14/h10,12-13,15-16,18-19,29H,4-9,11H2,1-3H3,(H,23,30)/t16-,18+,19-/m1/s1. The highest BCUT2D eigenvalue weighted by molar-refractivity contribution is 5.90. The van der Waals surface area contributed by atoms with Gasteiger partial charge in [-0.25, -0.2) is 4.68 Å². The number of nitrogens with zero attached hydrogens (tertiary/aromatic N) is 5. The minimum Gasteiger partial charge on any atom is -0.391 e. The SMILES string of the molecule is CC(C)(C)[C@@H](C(=O)N1C[C@H](O)C[C@H]1C(=O)NCCCc1cnoc1)n1cc(C2CC2)nn1. The van der Waals surface area contributed by atoms with Gasteiger partial charge < -0.3 is 19.8 Å². The lowest BCUT2D eigenvalue weighted by molar-refractivity contribution is -0.144. The molecule has 2 aromatic heterocycles. The van der Waals surface area contributed by atoms with Crippen LogP contribution in [0.5, 0.6) is 0 Å². The van der Waals surface area contributed by atoms with Crippen LogP contribution in [0.2, 0.25) is 0 Å². The van der Waals surface area contributed by atoms with Gasteiger partial charge >= 0.3 is 0 Å². The van der Waals surface area contributed by atoms with Crippen LogP contribution in [-0.4, -0.2) is 67.2 Å². The maximum atomic E-state index is 13.7. The number of carbonyl (C=O) groups excluding carboxylic acids is 2. The Kier molecular flexibility index (Phi) is 6.32. The van der Waals surface area contributed by atoms with Gasteiger partial charge in [-0.05, 0) is 31.1 Å². The largest absolute Gasteiger partial charge is 0.391 e. The van der Waals surface area contributed by atoms with Crippen LogP contribution in [0, 0.1) is 5.41 Å². The molecule has 2 N–H and O–H groups in total. The van der Waals surface area contributed by atoms with Crippen LogP contribution in [0.25, 0.3) is 0 Å². The summed E-state index contributed by atoms with van der Waals surface area (Å²) < 4.78 is 6.44. The van der Waals surface area contributed by atoms with Crippen LogP contribution in [0.1, 0.15) is 69.7 Å². The Bertz CT molecular complexity index is 931. The van der Waals surface area contributed by atoms with E-state index in [4.69, 9.17) is 4.52 Å². The Labute approximate surface area is 187 Å². The van der Waals surface area contributed by atoms with E-state index in [2.05, 4.69) is 20.8 Å². The van der Waals surface area contributed by atoms with Crippen molar-refractivity contribution in [2.75, 3.05) is 13.1 Å². The van der Waals surface area contributed by atoms with E-state index >= 15 is 0 Å². The Morgan fingerprint density at radius 2 is 2.12 bits per heavy atom. The second-order valence-corrected chi connectivity index (χ2v) is 9.99. The normalized spacial score (nSPS) is 22.2. The number of aliphatic hydroxyl groups excluding tert-OH is 1. The van der Waals surface area contributed by atoms with Crippen molar-refractivity contribution >= 4 is 11.8 Å². The lowest BCUT2D eigenvalue weighted by Crippen LogP contribution is -2.50. The van der Waals surface area contributed by atoms with Crippen molar-refractivity contribution in [3.8, 4) is 0 Å². The van der Waals surface area contributed by atoms with Crippen LogP contribution >= 0.6 is 0 Å². The van der Waals surface area contributed by atoms with Crippen molar-refractivity contribution in [2.24, 2.45) is 5.41 Å². The van der Waals surface area contributed by atoms with Crippen molar-refractivity contribution in [1.29, 1.82) is 0 Å². The van der Waals surface area contributed by atoms with E-state index in [1.54, 1.807) is 17.1 Å². The van der Waals surface area contributed by atoms with E-state index in [0.29, 0.717) is 12.5 Å². The molecule has 32 heavy (non-hydrogen) atoms. The molecule has 0 unspecified atom stereocenters. The first-order valence-corrected chi connectivity index (χ1v) is 11.3. The Balaban J connectivity index is 1.43. The van der Waals surface area contributed by atoms with Crippen molar-refractivity contribution in [3.05, 3.63) is 29.9 Å². The minimum atomic E-state index is -0.731. The fourth-order valence-electron chi connectivity index (χ4n) is 4.30. The van der Waals surface area contributed by atoms with Gasteiger partial charge in [0.2, 0.25) is 11.8 Å². The first-order chi connectivity index (χ1) is 15.2. The lowest BCUT2D eigenvalue weighted by Gasteiger charge is -2.34. The average Bonchev–Trinajstić information content (AvgIpc) is 3.11. The second kappa shape index (κ2) is 9.01. The van der Waals surface area contributed by atoms with Crippen LogP contribution in [0.4, 0.5) is 0 Å². The van der Waals surface area contributed by atoms with Crippen LogP contribution in [0.15, 0.2) is 23.2 Å².